The summed E-state index contributed by atoms with van der Waals surface area (Å²) < 4.78 is 30.5. The van der Waals surface area contributed by atoms with Crippen molar-refractivity contribution >= 4 is 10.0 Å². The lowest BCUT2D eigenvalue weighted by Gasteiger charge is -2.30. The Bertz CT molecular complexity index is 283. The number of hydrogen-bond donors (Lipinski definition) is 1. The molecule has 0 aromatic heterocycles. The van der Waals surface area contributed by atoms with Crippen molar-refractivity contribution in [1.29, 1.82) is 0 Å². The molecule has 96 valence electrons. The van der Waals surface area contributed by atoms with E-state index in [-0.39, 0.29) is 18.5 Å². The summed E-state index contributed by atoms with van der Waals surface area (Å²) in [6, 6.07) is 0. The maximum Gasteiger partial charge on any atom is 0.214 e. The topological polar surface area (TPSA) is 66.8 Å². The minimum atomic E-state index is -3.12. The van der Waals surface area contributed by atoms with Crippen molar-refractivity contribution in [1.82, 2.24) is 4.31 Å². The summed E-state index contributed by atoms with van der Waals surface area (Å²) in [4.78, 5) is 0. The van der Waals surface area contributed by atoms with E-state index in [1.54, 1.807) is 11.4 Å². The highest BCUT2D eigenvalue weighted by atomic mass is 32.2. The van der Waals surface area contributed by atoms with Crippen LogP contribution >= 0.6 is 0 Å². The lowest BCUT2D eigenvalue weighted by Crippen LogP contribution is -2.41. The Hall–Kier alpha value is -0.170. The third-order valence-electron chi connectivity index (χ3n) is 2.94. The second-order valence-electron chi connectivity index (χ2n) is 4.08. The third kappa shape index (κ3) is 4.01. The fraction of sp³-hybridized carbons (Fsp3) is 1.00. The van der Waals surface area contributed by atoms with Gasteiger partial charge >= 0.3 is 0 Å². The number of aliphatic hydroxyl groups excluding tert-OH is 1. The average Bonchev–Trinajstić information content (AvgIpc) is 2.29. The van der Waals surface area contributed by atoms with Gasteiger partial charge in [0, 0.05) is 26.8 Å². The van der Waals surface area contributed by atoms with Crippen molar-refractivity contribution in [3.63, 3.8) is 0 Å². The number of piperidine rings is 1. The fourth-order valence-electron chi connectivity index (χ4n) is 1.87. The van der Waals surface area contributed by atoms with Gasteiger partial charge in [0.1, 0.15) is 0 Å². The maximum absolute atomic E-state index is 11.9. The van der Waals surface area contributed by atoms with E-state index in [4.69, 9.17) is 9.84 Å². The summed E-state index contributed by atoms with van der Waals surface area (Å²) in [6.45, 7) is 1.17. The summed E-state index contributed by atoms with van der Waals surface area (Å²) in [5, 5.41) is 8.62. The van der Waals surface area contributed by atoms with Crippen LogP contribution in [0.2, 0.25) is 0 Å². The van der Waals surface area contributed by atoms with Crippen molar-refractivity contribution < 1.29 is 18.3 Å². The first-order valence-electron chi connectivity index (χ1n) is 5.71. The number of methoxy groups -OCH3 is 1. The Balaban J connectivity index is 2.39. The molecular weight excluding hydrogens is 230 g/mol. The van der Waals surface area contributed by atoms with Crippen LogP contribution in [0.5, 0.6) is 0 Å². The first kappa shape index (κ1) is 13.9. The second kappa shape index (κ2) is 6.54. The fourth-order valence-corrected chi connectivity index (χ4v) is 3.47. The van der Waals surface area contributed by atoms with Crippen LogP contribution < -0.4 is 0 Å². The highest BCUT2D eigenvalue weighted by molar-refractivity contribution is 7.89. The zero-order valence-corrected chi connectivity index (χ0v) is 10.6. The first-order valence-corrected chi connectivity index (χ1v) is 7.32. The Kier molecular flexibility index (Phi) is 5.68. The molecule has 0 unspecified atom stereocenters. The molecule has 5 nitrogen and oxygen atoms in total. The minimum absolute atomic E-state index is 0.0568. The molecule has 0 aromatic carbocycles. The van der Waals surface area contributed by atoms with Crippen molar-refractivity contribution in [2.24, 2.45) is 0 Å². The Labute approximate surface area is 97.4 Å². The smallest absolute Gasteiger partial charge is 0.214 e. The van der Waals surface area contributed by atoms with E-state index in [1.165, 1.54) is 0 Å². The molecule has 0 aliphatic carbocycles. The zero-order valence-electron chi connectivity index (χ0n) is 9.76. The predicted octanol–water partition coefficient (Wildman–Crippen LogP) is 0.200. The monoisotopic (exact) mass is 251 g/mol. The summed E-state index contributed by atoms with van der Waals surface area (Å²) in [5.41, 5.74) is 0. The Morgan fingerprint density at radius 1 is 1.31 bits per heavy atom. The van der Waals surface area contributed by atoms with Gasteiger partial charge in [0.2, 0.25) is 10.0 Å². The highest BCUT2D eigenvalue weighted by Gasteiger charge is 2.27. The van der Waals surface area contributed by atoms with E-state index < -0.39 is 10.0 Å². The standard InChI is InChI=1S/C10H21NO4S/c1-15-10-4-6-11(7-5-10)16(13,14)9-3-2-8-12/h10,12H,2-9H2,1H3. The van der Waals surface area contributed by atoms with Gasteiger partial charge < -0.3 is 9.84 Å². The average molecular weight is 251 g/mol. The molecule has 1 aliphatic heterocycles. The summed E-state index contributed by atoms with van der Waals surface area (Å²) in [5.74, 6) is 0.144. The molecule has 1 heterocycles. The number of ether oxygens (including phenoxy) is 1. The second-order valence-corrected chi connectivity index (χ2v) is 6.17. The summed E-state index contributed by atoms with van der Waals surface area (Å²) in [6.07, 6.45) is 2.83. The largest absolute Gasteiger partial charge is 0.396 e. The van der Waals surface area contributed by atoms with Gasteiger partial charge in [0.15, 0.2) is 0 Å². The van der Waals surface area contributed by atoms with Gasteiger partial charge in [-0.3, -0.25) is 0 Å². The molecule has 1 aliphatic rings. The van der Waals surface area contributed by atoms with Crippen molar-refractivity contribution in [2.75, 3.05) is 32.6 Å². The third-order valence-corrected chi connectivity index (χ3v) is 4.89. The molecule has 0 radical (unpaired) electrons. The lowest BCUT2D eigenvalue weighted by molar-refractivity contribution is 0.0604. The number of unbranched alkanes of at least 4 members (excludes halogenated alkanes) is 1. The zero-order chi connectivity index (χ0) is 12.0. The van der Waals surface area contributed by atoms with Gasteiger partial charge in [0.25, 0.3) is 0 Å². The van der Waals surface area contributed by atoms with Crippen LogP contribution in [-0.2, 0) is 14.8 Å². The number of rotatable bonds is 6. The van der Waals surface area contributed by atoms with E-state index in [1.807, 2.05) is 0 Å². The SMILES string of the molecule is COC1CCN(S(=O)(=O)CCCCO)CC1. The van der Waals surface area contributed by atoms with Gasteiger partial charge in [-0.05, 0) is 25.7 Å². The van der Waals surface area contributed by atoms with E-state index in [0.717, 1.165) is 12.8 Å². The first-order chi connectivity index (χ1) is 7.60. The van der Waals surface area contributed by atoms with Crippen LogP contribution in [0.15, 0.2) is 0 Å². The van der Waals surface area contributed by atoms with Crippen molar-refractivity contribution in [2.45, 2.75) is 31.8 Å². The van der Waals surface area contributed by atoms with Crippen LogP contribution in [0, 0.1) is 0 Å². The molecule has 6 heteroatoms. The molecule has 0 atom stereocenters. The quantitative estimate of drug-likeness (QED) is 0.685. The molecule has 0 spiro atoms. The molecule has 16 heavy (non-hydrogen) atoms. The van der Waals surface area contributed by atoms with Crippen LogP contribution in [0.1, 0.15) is 25.7 Å². The van der Waals surface area contributed by atoms with Gasteiger partial charge in [0.05, 0.1) is 11.9 Å². The Morgan fingerprint density at radius 3 is 2.44 bits per heavy atom. The minimum Gasteiger partial charge on any atom is -0.396 e. The van der Waals surface area contributed by atoms with E-state index in [0.29, 0.717) is 25.9 Å². The van der Waals surface area contributed by atoms with E-state index >= 15 is 0 Å². The van der Waals surface area contributed by atoms with E-state index in [9.17, 15) is 8.42 Å². The highest BCUT2D eigenvalue weighted by Crippen LogP contribution is 2.16. The molecule has 1 rings (SSSR count). The van der Waals surface area contributed by atoms with Crippen LogP contribution in [0.25, 0.3) is 0 Å². The molecule has 1 fully saturated rings. The molecule has 0 aromatic rings. The molecule has 0 bridgehead atoms. The predicted molar refractivity (Wildman–Crippen MR) is 61.7 cm³/mol. The van der Waals surface area contributed by atoms with Gasteiger partial charge in [-0.25, -0.2) is 12.7 Å². The Morgan fingerprint density at radius 2 is 1.94 bits per heavy atom. The van der Waals surface area contributed by atoms with Crippen molar-refractivity contribution in [3.05, 3.63) is 0 Å². The maximum atomic E-state index is 11.9. The molecule has 0 amide bonds. The van der Waals surface area contributed by atoms with Gasteiger partial charge in [-0.1, -0.05) is 0 Å². The normalized spacial score (nSPS) is 20.1. The lowest BCUT2D eigenvalue weighted by atomic mass is 10.1. The molecule has 1 N–H and O–H groups in total. The molecule has 0 saturated carbocycles. The van der Waals surface area contributed by atoms with Crippen LogP contribution in [-0.4, -0.2) is 56.5 Å². The van der Waals surface area contributed by atoms with E-state index in [2.05, 4.69) is 0 Å². The van der Waals surface area contributed by atoms with Crippen molar-refractivity contribution in [3.8, 4) is 0 Å². The number of nitrogens with zero attached hydrogens (tertiary/aromatic N) is 1. The molecule has 1 saturated heterocycles. The summed E-state index contributed by atoms with van der Waals surface area (Å²) in [7, 11) is -1.46. The summed E-state index contributed by atoms with van der Waals surface area (Å²) >= 11 is 0. The van der Waals surface area contributed by atoms with Crippen LogP contribution in [0.4, 0.5) is 0 Å². The van der Waals surface area contributed by atoms with Gasteiger partial charge in [-0.15, -0.1) is 0 Å². The number of aliphatic hydroxyl groups is 1. The van der Waals surface area contributed by atoms with Crippen LogP contribution in [0.3, 0.4) is 0 Å². The van der Waals surface area contributed by atoms with Gasteiger partial charge in [-0.2, -0.15) is 0 Å². The number of sulfonamides is 1. The molecular formula is C10H21NO4S. The number of hydrogen-bond acceptors (Lipinski definition) is 4.